The Balaban J connectivity index is 1.82. The van der Waals surface area contributed by atoms with Gasteiger partial charge in [0.15, 0.2) is 0 Å². The van der Waals surface area contributed by atoms with Crippen LogP contribution in [0.2, 0.25) is 0 Å². The highest BCUT2D eigenvalue weighted by Gasteiger charge is 2.20. The number of fused-ring (bicyclic) bond motifs is 1. The number of nitro benzene ring substituents is 1. The zero-order valence-electron chi connectivity index (χ0n) is 16.1. The van der Waals surface area contributed by atoms with E-state index in [0.29, 0.717) is 0 Å². The molecular weight excluding hydrogens is 374 g/mol. The van der Waals surface area contributed by atoms with Crippen molar-refractivity contribution in [3.63, 3.8) is 0 Å². The third-order valence-corrected chi connectivity index (χ3v) is 5.48. The maximum absolute atomic E-state index is 12.6. The molecule has 28 heavy (non-hydrogen) atoms. The summed E-state index contributed by atoms with van der Waals surface area (Å²) >= 11 is 1.33. The number of para-hydroxylation sites is 2. The first kappa shape index (κ1) is 19.8. The number of thioether (sulfide) groups is 1. The van der Waals surface area contributed by atoms with Gasteiger partial charge in [0.05, 0.1) is 20.7 Å². The van der Waals surface area contributed by atoms with Crippen molar-refractivity contribution < 1.29 is 9.72 Å². The molecule has 0 aliphatic carbocycles. The van der Waals surface area contributed by atoms with E-state index in [0.717, 1.165) is 27.1 Å². The summed E-state index contributed by atoms with van der Waals surface area (Å²) in [7, 11) is 0. The molecule has 0 radical (unpaired) electrons. The van der Waals surface area contributed by atoms with E-state index in [9.17, 15) is 14.9 Å². The molecule has 0 saturated carbocycles. The smallest absolute Gasteiger partial charge is 0.292 e. The van der Waals surface area contributed by atoms with Gasteiger partial charge in [-0.25, -0.2) is 4.98 Å². The highest BCUT2D eigenvalue weighted by Crippen LogP contribution is 2.30. The Morgan fingerprint density at radius 3 is 2.57 bits per heavy atom. The molecule has 1 atom stereocenters. The van der Waals surface area contributed by atoms with Crippen LogP contribution in [0, 0.1) is 30.9 Å². The Morgan fingerprint density at radius 1 is 1.14 bits per heavy atom. The summed E-state index contributed by atoms with van der Waals surface area (Å²) in [6.45, 7) is 7.88. The molecule has 1 amide bonds. The molecule has 0 unspecified atom stereocenters. The molecule has 1 N–H and O–H groups in total. The number of aromatic nitrogens is 1. The van der Waals surface area contributed by atoms with Gasteiger partial charge < -0.3 is 5.32 Å². The molecule has 0 aliphatic rings. The lowest BCUT2D eigenvalue weighted by Crippen LogP contribution is -2.23. The summed E-state index contributed by atoms with van der Waals surface area (Å²) < 4.78 is 0. The van der Waals surface area contributed by atoms with Gasteiger partial charge in [0, 0.05) is 11.5 Å². The van der Waals surface area contributed by atoms with E-state index in [1.807, 2.05) is 19.9 Å². The monoisotopic (exact) mass is 395 g/mol. The number of carbonyl (C=O) groups excluding carboxylic acids is 1. The molecule has 0 bridgehead atoms. The number of hydrogen-bond acceptors (Lipinski definition) is 5. The van der Waals surface area contributed by atoms with Crippen LogP contribution >= 0.6 is 11.8 Å². The Kier molecular flexibility index (Phi) is 5.65. The summed E-state index contributed by atoms with van der Waals surface area (Å²) in [5, 5.41) is 15.2. The first-order valence-electron chi connectivity index (χ1n) is 8.86. The summed E-state index contributed by atoms with van der Waals surface area (Å²) in [5.41, 5.74) is 4.38. The predicted molar refractivity (Wildman–Crippen MR) is 113 cm³/mol. The second-order valence-corrected chi connectivity index (χ2v) is 8.14. The van der Waals surface area contributed by atoms with Gasteiger partial charge in [-0.05, 0) is 57.0 Å². The van der Waals surface area contributed by atoms with E-state index in [4.69, 9.17) is 4.98 Å². The summed E-state index contributed by atoms with van der Waals surface area (Å²) in [6.07, 6.45) is 0. The molecule has 0 spiro atoms. The Labute approximate surface area is 167 Å². The summed E-state index contributed by atoms with van der Waals surface area (Å²) in [6, 6.07) is 12.3. The molecule has 3 rings (SSSR count). The average Bonchev–Trinajstić information content (AvgIpc) is 2.63. The van der Waals surface area contributed by atoms with E-state index >= 15 is 0 Å². The Bertz CT molecular complexity index is 1080. The van der Waals surface area contributed by atoms with Crippen molar-refractivity contribution in [1.82, 2.24) is 4.98 Å². The van der Waals surface area contributed by atoms with E-state index < -0.39 is 10.2 Å². The van der Waals surface area contributed by atoms with Crippen LogP contribution in [-0.2, 0) is 4.79 Å². The van der Waals surface area contributed by atoms with Crippen LogP contribution in [0.15, 0.2) is 47.5 Å². The highest BCUT2D eigenvalue weighted by molar-refractivity contribution is 8.00. The fourth-order valence-electron chi connectivity index (χ4n) is 3.08. The Morgan fingerprint density at radius 2 is 1.86 bits per heavy atom. The van der Waals surface area contributed by atoms with Crippen molar-refractivity contribution in [2.45, 2.75) is 38.0 Å². The van der Waals surface area contributed by atoms with Crippen LogP contribution in [0.4, 0.5) is 11.4 Å². The van der Waals surface area contributed by atoms with Crippen molar-refractivity contribution in [3.8, 4) is 0 Å². The standard InChI is InChI=1S/C21H21N3O3S/c1-12-9-14(3)20-16(10-12)13(2)11-19(23-20)28-15(4)21(25)22-17-7-5-6-8-18(17)24(26)27/h5-11,15H,1-4H3,(H,22,25)/t15-/m0/s1. The van der Waals surface area contributed by atoms with Crippen molar-refractivity contribution in [2.75, 3.05) is 5.32 Å². The van der Waals surface area contributed by atoms with Gasteiger partial charge in [0.2, 0.25) is 5.91 Å². The predicted octanol–water partition coefficient (Wildman–Crippen LogP) is 5.19. The van der Waals surface area contributed by atoms with Crippen LogP contribution in [0.25, 0.3) is 10.9 Å². The number of rotatable bonds is 5. The number of amides is 1. The highest BCUT2D eigenvalue weighted by atomic mass is 32.2. The number of nitro groups is 1. The van der Waals surface area contributed by atoms with Gasteiger partial charge in [-0.2, -0.15) is 0 Å². The number of carbonyl (C=O) groups is 1. The lowest BCUT2D eigenvalue weighted by Gasteiger charge is -2.14. The molecule has 144 valence electrons. The molecule has 1 aromatic heterocycles. The average molecular weight is 395 g/mol. The molecule has 2 aromatic carbocycles. The van der Waals surface area contributed by atoms with E-state index in [2.05, 4.69) is 24.4 Å². The normalized spacial score (nSPS) is 12.0. The van der Waals surface area contributed by atoms with Gasteiger partial charge >= 0.3 is 0 Å². The largest absolute Gasteiger partial charge is 0.319 e. The van der Waals surface area contributed by atoms with Crippen LogP contribution in [0.5, 0.6) is 0 Å². The van der Waals surface area contributed by atoms with Crippen LogP contribution < -0.4 is 5.32 Å². The topological polar surface area (TPSA) is 85.1 Å². The minimum absolute atomic E-state index is 0.126. The SMILES string of the molecule is Cc1cc(C)c2nc(S[C@@H](C)C(=O)Nc3ccccc3[N+](=O)[O-])cc(C)c2c1. The summed E-state index contributed by atoms with van der Waals surface area (Å²) in [5.74, 6) is -0.306. The molecule has 3 aromatic rings. The summed E-state index contributed by atoms with van der Waals surface area (Å²) in [4.78, 5) is 27.9. The lowest BCUT2D eigenvalue weighted by molar-refractivity contribution is -0.383. The minimum Gasteiger partial charge on any atom is -0.319 e. The number of pyridine rings is 1. The number of anilines is 1. The van der Waals surface area contributed by atoms with Crippen LogP contribution in [-0.4, -0.2) is 21.1 Å². The number of nitrogens with zero attached hydrogens (tertiary/aromatic N) is 2. The number of nitrogens with one attached hydrogen (secondary N) is 1. The molecule has 6 nitrogen and oxygen atoms in total. The van der Waals surface area contributed by atoms with Gasteiger partial charge in [-0.1, -0.05) is 35.5 Å². The zero-order chi connectivity index (χ0) is 20.4. The molecular formula is C21H21N3O3S. The molecule has 7 heteroatoms. The molecule has 0 saturated heterocycles. The zero-order valence-corrected chi connectivity index (χ0v) is 17.0. The van der Waals surface area contributed by atoms with E-state index in [-0.39, 0.29) is 17.3 Å². The number of hydrogen-bond donors (Lipinski definition) is 1. The van der Waals surface area contributed by atoms with Crippen molar-refractivity contribution in [2.24, 2.45) is 0 Å². The van der Waals surface area contributed by atoms with E-state index in [1.165, 1.54) is 29.5 Å². The second kappa shape index (κ2) is 7.98. The third kappa shape index (κ3) is 4.14. The van der Waals surface area contributed by atoms with Crippen LogP contribution in [0.1, 0.15) is 23.6 Å². The molecule has 0 fully saturated rings. The fraction of sp³-hybridized carbons (Fsp3) is 0.238. The van der Waals surface area contributed by atoms with Crippen molar-refractivity contribution in [3.05, 3.63) is 69.3 Å². The molecule has 1 heterocycles. The first-order chi connectivity index (χ1) is 13.3. The van der Waals surface area contributed by atoms with Gasteiger partial charge in [0.1, 0.15) is 5.69 Å². The van der Waals surface area contributed by atoms with E-state index in [1.54, 1.807) is 19.1 Å². The maximum atomic E-state index is 12.6. The van der Waals surface area contributed by atoms with Crippen molar-refractivity contribution in [1.29, 1.82) is 0 Å². The second-order valence-electron chi connectivity index (χ2n) is 6.78. The maximum Gasteiger partial charge on any atom is 0.292 e. The minimum atomic E-state index is -0.508. The third-order valence-electron chi connectivity index (χ3n) is 4.46. The number of benzene rings is 2. The van der Waals surface area contributed by atoms with Gasteiger partial charge in [0.25, 0.3) is 5.69 Å². The first-order valence-corrected chi connectivity index (χ1v) is 9.73. The van der Waals surface area contributed by atoms with Crippen LogP contribution in [0.3, 0.4) is 0 Å². The van der Waals surface area contributed by atoms with Gasteiger partial charge in [-0.3, -0.25) is 14.9 Å². The number of aryl methyl sites for hydroxylation is 3. The fourth-order valence-corrected chi connectivity index (χ4v) is 4.00. The molecule has 0 aliphatic heterocycles. The van der Waals surface area contributed by atoms with Crippen molar-refractivity contribution >= 4 is 39.9 Å². The van der Waals surface area contributed by atoms with Gasteiger partial charge in [-0.15, -0.1) is 0 Å². The lowest BCUT2D eigenvalue weighted by atomic mass is 10.0. The Hall–Kier alpha value is -2.93. The quantitative estimate of drug-likeness (QED) is 0.365.